The van der Waals surface area contributed by atoms with E-state index in [-0.39, 0.29) is 5.97 Å². The lowest BCUT2D eigenvalue weighted by Gasteiger charge is -2.04. The number of carbonyl (C=O) groups excluding carboxylic acids is 1. The Bertz CT molecular complexity index is 388. The number of halogens is 1. The monoisotopic (exact) mass is 298 g/mol. The molecule has 0 unspecified atom stereocenters. The second-order valence-corrected chi connectivity index (χ2v) is 3.99. The van der Waals surface area contributed by atoms with Crippen LogP contribution in [0.1, 0.15) is 12.5 Å². The van der Waals surface area contributed by atoms with E-state index in [0.29, 0.717) is 13.2 Å². The molecule has 92 valence electrons. The van der Waals surface area contributed by atoms with Crippen LogP contribution in [-0.4, -0.2) is 24.5 Å². The first-order valence-corrected chi connectivity index (χ1v) is 6.52. The molecule has 0 N–H and O–H groups in total. The number of carbonyl (C=O) groups is 1. The van der Waals surface area contributed by atoms with E-state index in [1.165, 1.54) is 6.08 Å². The SMILES string of the molecule is CCOC(=O)C=Cc1cccc(OCCBr)c1. The predicted molar refractivity (Wildman–Crippen MR) is 71.4 cm³/mol. The molecule has 0 fully saturated rings. The summed E-state index contributed by atoms with van der Waals surface area (Å²) in [5.74, 6) is 0.453. The highest BCUT2D eigenvalue weighted by atomic mass is 79.9. The zero-order chi connectivity index (χ0) is 12.5. The maximum absolute atomic E-state index is 11.1. The van der Waals surface area contributed by atoms with Gasteiger partial charge in [0.05, 0.1) is 13.2 Å². The Balaban J connectivity index is 2.61. The highest BCUT2D eigenvalue weighted by Gasteiger charge is 1.96. The smallest absolute Gasteiger partial charge is 0.330 e. The van der Waals surface area contributed by atoms with Gasteiger partial charge in [-0.2, -0.15) is 0 Å². The average Bonchev–Trinajstić information content (AvgIpc) is 2.35. The minimum absolute atomic E-state index is 0.334. The van der Waals surface area contributed by atoms with Crippen LogP contribution < -0.4 is 4.74 Å². The van der Waals surface area contributed by atoms with Crippen LogP contribution in [0.4, 0.5) is 0 Å². The van der Waals surface area contributed by atoms with Gasteiger partial charge in [0.15, 0.2) is 0 Å². The minimum Gasteiger partial charge on any atom is -0.493 e. The molecule has 0 saturated heterocycles. The van der Waals surface area contributed by atoms with Crippen molar-refractivity contribution in [3.8, 4) is 5.75 Å². The van der Waals surface area contributed by atoms with Crippen LogP contribution >= 0.6 is 15.9 Å². The highest BCUT2D eigenvalue weighted by molar-refractivity contribution is 9.09. The zero-order valence-corrected chi connectivity index (χ0v) is 11.3. The summed E-state index contributed by atoms with van der Waals surface area (Å²) in [5, 5.41) is 0.788. The molecule has 1 rings (SSSR count). The molecule has 0 radical (unpaired) electrons. The van der Waals surface area contributed by atoms with Gasteiger partial charge in [0.1, 0.15) is 5.75 Å². The van der Waals surface area contributed by atoms with Crippen molar-refractivity contribution >= 4 is 28.0 Å². The molecule has 0 aromatic heterocycles. The van der Waals surface area contributed by atoms with Gasteiger partial charge in [-0.15, -0.1) is 0 Å². The first-order chi connectivity index (χ1) is 8.26. The van der Waals surface area contributed by atoms with Crippen LogP contribution in [0.2, 0.25) is 0 Å². The summed E-state index contributed by atoms with van der Waals surface area (Å²) in [6, 6.07) is 7.54. The number of ether oxygens (including phenoxy) is 2. The van der Waals surface area contributed by atoms with Gasteiger partial charge in [-0.25, -0.2) is 4.79 Å². The third-order valence-electron chi connectivity index (χ3n) is 1.90. The third kappa shape index (κ3) is 5.54. The van der Waals surface area contributed by atoms with Crippen LogP contribution in [0, 0.1) is 0 Å². The largest absolute Gasteiger partial charge is 0.493 e. The van der Waals surface area contributed by atoms with Gasteiger partial charge in [0, 0.05) is 11.4 Å². The van der Waals surface area contributed by atoms with Crippen molar-refractivity contribution in [1.29, 1.82) is 0 Å². The third-order valence-corrected chi connectivity index (χ3v) is 2.23. The van der Waals surface area contributed by atoms with Crippen LogP contribution in [0.5, 0.6) is 5.75 Å². The van der Waals surface area contributed by atoms with Crippen molar-refractivity contribution in [2.24, 2.45) is 0 Å². The standard InChI is InChI=1S/C13H15BrO3/c1-2-16-13(15)7-6-11-4-3-5-12(10-11)17-9-8-14/h3-7,10H,2,8-9H2,1H3. The molecule has 0 heterocycles. The average molecular weight is 299 g/mol. The van der Waals surface area contributed by atoms with Gasteiger partial charge < -0.3 is 9.47 Å². The van der Waals surface area contributed by atoms with Gasteiger partial charge in [0.2, 0.25) is 0 Å². The van der Waals surface area contributed by atoms with Gasteiger partial charge in [0.25, 0.3) is 0 Å². The summed E-state index contributed by atoms with van der Waals surface area (Å²) in [6.07, 6.45) is 3.12. The van der Waals surface area contributed by atoms with Crippen LogP contribution in [0.15, 0.2) is 30.3 Å². The van der Waals surface area contributed by atoms with Crippen molar-refractivity contribution in [2.45, 2.75) is 6.92 Å². The predicted octanol–water partition coefficient (Wildman–Crippen LogP) is 3.04. The number of benzene rings is 1. The van der Waals surface area contributed by atoms with Crippen LogP contribution in [0.3, 0.4) is 0 Å². The quantitative estimate of drug-likeness (QED) is 0.460. The fourth-order valence-electron chi connectivity index (χ4n) is 1.22. The van der Waals surface area contributed by atoms with E-state index < -0.39 is 0 Å². The van der Waals surface area contributed by atoms with E-state index in [1.807, 2.05) is 24.3 Å². The van der Waals surface area contributed by atoms with Crippen molar-refractivity contribution in [3.05, 3.63) is 35.9 Å². The summed E-state index contributed by atoms with van der Waals surface area (Å²) in [6.45, 7) is 2.78. The summed E-state index contributed by atoms with van der Waals surface area (Å²) in [4.78, 5) is 11.1. The number of hydrogen-bond acceptors (Lipinski definition) is 3. The Labute approximate surface area is 110 Å². The Morgan fingerprint density at radius 2 is 2.29 bits per heavy atom. The fraction of sp³-hybridized carbons (Fsp3) is 0.308. The van der Waals surface area contributed by atoms with Gasteiger partial charge in [-0.3, -0.25) is 0 Å². The number of esters is 1. The van der Waals surface area contributed by atoms with Crippen LogP contribution in [-0.2, 0) is 9.53 Å². The maximum atomic E-state index is 11.1. The molecule has 4 heteroatoms. The first-order valence-electron chi connectivity index (χ1n) is 5.40. The first kappa shape index (κ1) is 13.8. The zero-order valence-electron chi connectivity index (χ0n) is 9.69. The highest BCUT2D eigenvalue weighted by Crippen LogP contribution is 2.14. The molecule has 1 aromatic carbocycles. The Morgan fingerprint density at radius 3 is 3.00 bits per heavy atom. The van der Waals surface area contributed by atoms with E-state index in [4.69, 9.17) is 9.47 Å². The van der Waals surface area contributed by atoms with Gasteiger partial charge in [-0.1, -0.05) is 28.1 Å². The lowest BCUT2D eigenvalue weighted by atomic mass is 10.2. The molecule has 0 aliphatic rings. The Hall–Kier alpha value is -1.29. The van der Waals surface area contributed by atoms with Crippen molar-refractivity contribution < 1.29 is 14.3 Å². The molecule has 3 nitrogen and oxygen atoms in total. The van der Waals surface area contributed by atoms with Crippen molar-refractivity contribution in [1.82, 2.24) is 0 Å². The number of rotatable bonds is 6. The molecule has 0 aliphatic carbocycles. The van der Waals surface area contributed by atoms with Crippen molar-refractivity contribution in [2.75, 3.05) is 18.5 Å². The molecule has 1 aromatic rings. The van der Waals surface area contributed by atoms with E-state index >= 15 is 0 Å². The van der Waals surface area contributed by atoms with Crippen LogP contribution in [0.25, 0.3) is 6.08 Å². The van der Waals surface area contributed by atoms with E-state index in [9.17, 15) is 4.79 Å². The summed E-state index contributed by atoms with van der Waals surface area (Å²) in [7, 11) is 0. The molecule has 0 bridgehead atoms. The molecule has 17 heavy (non-hydrogen) atoms. The number of hydrogen-bond donors (Lipinski definition) is 0. The van der Waals surface area contributed by atoms with E-state index in [1.54, 1.807) is 13.0 Å². The normalized spacial score (nSPS) is 10.5. The summed E-state index contributed by atoms with van der Waals surface area (Å²) >= 11 is 3.29. The molecule has 0 saturated carbocycles. The maximum Gasteiger partial charge on any atom is 0.330 e. The van der Waals surface area contributed by atoms with Gasteiger partial charge >= 0.3 is 5.97 Å². The summed E-state index contributed by atoms with van der Waals surface area (Å²) in [5.41, 5.74) is 0.908. The minimum atomic E-state index is -0.334. The van der Waals surface area contributed by atoms with Crippen molar-refractivity contribution in [3.63, 3.8) is 0 Å². The number of alkyl halides is 1. The lowest BCUT2D eigenvalue weighted by Crippen LogP contribution is -1.99. The molecular weight excluding hydrogens is 284 g/mol. The van der Waals surface area contributed by atoms with Gasteiger partial charge in [-0.05, 0) is 30.7 Å². The molecule has 0 aliphatic heterocycles. The molecular formula is C13H15BrO3. The molecule has 0 atom stereocenters. The molecule has 0 spiro atoms. The second-order valence-electron chi connectivity index (χ2n) is 3.20. The Morgan fingerprint density at radius 1 is 1.47 bits per heavy atom. The van der Waals surface area contributed by atoms with E-state index in [2.05, 4.69) is 15.9 Å². The second kappa shape index (κ2) is 7.90. The van der Waals surface area contributed by atoms with E-state index in [0.717, 1.165) is 16.6 Å². The topological polar surface area (TPSA) is 35.5 Å². The Kier molecular flexibility index (Phi) is 6.40. The summed E-state index contributed by atoms with van der Waals surface area (Å²) < 4.78 is 10.2. The lowest BCUT2D eigenvalue weighted by molar-refractivity contribution is -0.137. The molecule has 0 amide bonds. The fourth-order valence-corrected chi connectivity index (χ4v) is 1.38.